The highest BCUT2D eigenvalue weighted by molar-refractivity contribution is 6.06. The zero-order valence-corrected chi connectivity index (χ0v) is 12.1. The summed E-state index contributed by atoms with van der Waals surface area (Å²) in [5.41, 5.74) is 2.03. The van der Waals surface area contributed by atoms with E-state index in [1.165, 1.54) is 0 Å². The van der Waals surface area contributed by atoms with Gasteiger partial charge in [-0.1, -0.05) is 12.1 Å². The van der Waals surface area contributed by atoms with Crippen LogP contribution < -0.4 is 5.32 Å². The molecule has 0 aliphatic rings. The Morgan fingerprint density at radius 3 is 2.81 bits per heavy atom. The van der Waals surface area contributed by atoms with E-state index in [1.54, 1.807) is 26.8 Å². The Kier molecular flexibility index (Phi) is 4.21. The van der Waals surface area contributed by atoms with Crippen molar-refractivity contribution >= 4 is 23.0 Å². The molecular formula is C14H17N3O4. The van der Waals surface area contributed by atoms with Crippen molar-refractivity contribution in [2.45, 2.75) is 27.2 Å². The standard InChI is InChI=1S/C14H17N3O4/c1-7(4-11(18)19)6-15-13(20)10-5-8(2)16-14-12(10)9(3)17-21-14/h5,7H,4,6H2,1-3H3,(H,15,20)(H,18,19). The fourth-order valence-corrected chi connectivity index (χ4v) is 2.13. The molecule has 0 aliphatic carbocycles. The number of nitrogens with one attached hydrogen (secondary N) is 1. The lowest BCUT2D eigenvalue weighted by molar-refractivity contribution is -0.137. The number of nitrogens with zero attached hydrogens (tertiary/aromatic N) is 2. The van der Waals surface area contributed by atoms with Crippen LogP contribution >= 0.6 is 0 Å². The van der Waals surface area contributed by atoms with Gasteiger partial charge >= 0.3 is 5.97 Å². The van der Waals surface area contributed by atoms with Gasteiger partial charge in [0.2, 0.25) is 0 Å². The van der Waals surface area contributed by atoms with E-state index in [0.717, 1.165) is 0 Å². The minimum absolute atomic E-state index is 0.0113. The second kappa shape index (κ2) is 5.90. The lowest BCUT2D eigenvalue weighted by atomic mass is 10.1. The topological polar surface area (TPSA) is 105 Å². The van der Waals surface area contributed by atoms with Gasteiger partial charge in [-0.05, 0) is 25.8 Å². The largest absolute Gasteiger partial charge is 0.481 e. The van der Waals surface area contributed by atoms with Crippen molar-refractivity contribution in [3.63, 3.8) is 0 Å². The van der Waals surface area contributed by atoms with Crippen LogP contribution in [0.3, 0.4) is 0 Å². The van der Waals surface area contributed by atoms with Crippen molar-refractivity contribution in [3.8, 4) is 0 Å². The van der Waals surface area contributed by atoms with Gasteiger partial charge in [-0.2, -0.15) is 0 Å². The maximum absolute atomic E-state index is 12.3. The van der Waals surface area contributed by atoms with Gasteiger partial charge < -0.3 is 14.9 Å². The summed E-state index contributed by atoms with van der Waals surface area (Å²) in [6, 6.07) is 1.67. The molecule has 1 atom stereocenters. The molecule has 7 heteroatoms. The highest BCUT2D eigenvalue weighted by atomic mass is 16.5. The van der Waals surface area contributed by atoms with Crippen LogP contribution in [0.2, 0.25) is 0 Å². The zero-order chi connectivity index (χ0) is 15.6. The monoisotopic (exact) mass is 291 g/mol. The fraction of sp³-hybridized carbons (Fsp3) is 0.429. The van der Waals surface area contributed by atoms with Gasteiger partial charge in [-0.25, -0.2) is 4.98 Å². The molecule has 0 fully saturated rings. The van der Waals surface area contributed by atoms with E-state index in [2.05, 4.69) is 15.5 Å². The van der Waals surface area contributed by atoms with Crippen LogP contribution in [0.5, 0.6) is 0 Å². The molecule has 0 aliphatic heterocycles. The lowest BCUT2D eigenvalue weighted by Crippen LogP contribution is -2.29. The van der Waals surface area contributed by atoms with Crippen LogP contribution in [0, 0.1) is 19.8 Å². The van der Waals surface area contributed by atoms with E-state index >= 15 is 0 Å². The van der Waals surface area contributed by atoms with Crippen LogP contribution in [0.4, 0.5) is 0 Å². The number of hydrogen-bond donors (Lipinski definition) is 2. The molecule has 2 heterocycles. The number of aromatic nitrogens is 2. The summed E-state index contributed by atoms with van der Waals surface area (Å²) in [4.78, 5) is 27.1. The van der Waals surface area contributed by atoms with Crippen molar-refractivity contribution < 1.29 is 19.2 Å². The highest BCUT2D eigenvalue weighted by Gasteiger charge is 2.18. The third kappa shape index (κ3) is 3.36. The maximum Gasteiger partial charge on any atom is 0.303 e. The number of carbonyl (C=O) groups excluding carboxylic acids is 1. The molecule has 0 saturated heterocycles. The van der Waals surface area contributed by atoms with E-state index in [9.17, 15) is 9.59 Å². The van der Waals surface area contributed by atoms with E-state index in [4.69, 9.17) is 9.63 Å². The van der Waals surface area contributed by atoms with E-state index < -0.39 is 5.97 Å². The van der Waals surface area contributed by atoms with E-state index in [-0.39, 0.29) is 18.2 Å². The lowest BCUT2D eigenvalue weighted by Gasteiger charge is -2.11. The second-order valence-electron chi connectivity index (χ2n) is 5.17. The molecule has 112 valence electrons. The summed E-state index contributed by atoms with van der Waals surface area (Å²) in [5, 5.41) is 15.9. The molecule has 0 radical (unpaired) electrons. The highest BCUT2D eigenvalue weighted by Crippen LogP contribution is 2.21. The first-order valence-electron chi connectivity index (χ1n) is 6.62. The third-order valence-electron chi connectivity index (χ3n) is 3.12. The summed E-state index contributed by atoms with van der Waals surface area (Å²) < 4.78 is 5.08. The normalized spacial score (nSPS) is 12.3. The Morgan fingerprint density at radius 2 is 2.14 bits per heavy atom. The van der Waals surface area contributed by atoms with E-state index in [1.807, 2.05) is 0 Å². The molecule has 2 aromatic heterocycles. The molecular weight excluding hydrogens is 274 g/mol. The molecule has 0 saturated carbocycles. The smallest absolute Gasteiger partial charge is 0.303 e. The van der Waals surface area contributed by atoms with Crippen LogP contribution in [-0.2, 0) is 4.79 Å². The number of carbonyl (C=O) groups is 2. The van der Waals surface area contributed by atoms with Gasteiger partial charge in [0, 0.05) is 18.7 Å². The molecule has 2 rings (SSSR count). The number of aryl methyl sites for hydroxylation is 2. The maximum atomic E-state index is 12.3. The number of fused-ring (bicyclic) bond motifs is 1. The number of hydrogen-bond acceptors (Lipinski definition) is 5. The van der Waals surface area contributed by atoms with Crippen LogP contribution in [-0.4, -0.2) is 33.7 Å². The molecule has 2 N–H and O–H groups in total. The van der Waals surface area contributed by atoms with E-state index in [0.29, 0.717) is 34.6 Å². The number of aliphatic carboxylic acids is 1. The third-order valence-corrected chi connectivity index (χ3v) is 3.12. The second-order valence-corrected chi connectivity index (χ2v) is 5.17. The summed E-state index contributed by atoms with van der Waals surface area (Å²) in [6.45, 7) is 5.57. The fourth-order valence-electron chi connectivity index (χ4n) is 2.13. The van der Waals surface area contributed by atoms with Gasteiger partial charge in [-0.15, -0.1) is 0 Å². The van der Waals surface area contributed by atoms with Crippen molar-refractivity contribution in [1.29, 1.82) is 0 Å². The Bertz CT molecular complexity index is 693. The first-order chi connectivity index (χ1) is 9.88. The van der Waals surface area contributed by atoms with Crippen molar-refractivity contribution in [2.75, 3.05) is 6.54 Å². The Balaban J connectivity index is 2.19. The van der Waals surface area contributed by atoms with Gasteiger partial charge in [0.05, 0.1) is 16.6 Å². The summed E-state index contributed by atoms with van der Waals surface area (Å²) in [7, 11) is 0. The van der Waals surface area contributed by atoms with Crippen molar-refractivity contribution in [1.82, 2.24) is 15.5 Å². The van der Waals surface area contributed by atoms with Gasteiger partial charge in [0.25, 0.3) is 11.6 Å². The van der Waals surface area contributed by atoms with Crippen molar-refractivity contribution in [3.05, 3.63) is 23.0 Å². The predicted octanol–water partition coefficient (Wildman–Crippen LogP) is 1.68. The average Bonchev–Trinajstić information content (AvgIpc) is 2.75. The summed E-state index contributed by atoms with van der Waals surface area (Å²) in [6.07, 6.45) is 0.0113. The molecule has 2 aromatic rings. The Labute approximate surface area is 121 Å². The average molecular weight is 291 g/mol. The van der Waals surface area contributed by atoms with Crippen molar-refractivity contribution in [2.24, 2.45) is 5.92 Å². The Hall–Kier alpha value is -2.44. The molecule has 1 amide bonds. The van der Waals surface area contributed by atoms with Gasteiger partial charge in [-0.3, -0.25) is 9.59 Å². The number of carboxylic acid groups (broad SMARTS) is 1. The number of rotatable bonds is 5. The Morgan fingerprint density at radius 1 is 1.43 bits per heavy atom. The minimum atomic E-state index is -0.881. The quantitative estimate of drug-likeness (QED) is 0.868. The SMILES string of the molecule is Cc1cc(C(=O)NCC(C)CC(=O)O)c2c(C)noc2n1. The zero-order valence-electron chi connectivity index (χ0n) is 12.1. The molecule has 7 nitrogen and oxygen atoms in total. The molecule has 1 unspecified atom stereocenters. The first-order valence-corrected chi connectivity index (χ1v) is 6.62. The first kappa shape index (κ1) is 15.0. The number of amides is 1. The predicted molar refractivity (Wildman–Crippen MR) is 75.0 cm³/mol. The van der Waals surface area contributed by atoms with Crippen LogP contribution in [0.15, 0.2) is 10.6 Å². The van der Waals surface area contributed by atoms with Gasteiger partial charge in [0.1, 0.15) is 0 Å². The molecule has 0 aromatic carbocycles. The number of pyridine rings is 1. The molecule has 21 heavy (non-hydrogen) atoms. The molecule has 0 bridgehead atoms. The number of carboxylic acids is 1. The van der Waals surface area contributed by atoms with Crippen LogP contribution in [0.25, 0.3) is 11.1 Å². The summed E-state index contributed by atoms with van der Waals surface area (Å²) >= 11 is 0. The van der Waals surface area contributed by atoms with Gasteiger partial charge in [0.15, 0.2) is 0 Å². The van der Waals surface area contributed by atoms with Crippen LogP contribution in [0.1, 0.15) is 35.1 Å². The summed E-state index contributed by atoms with van der Waals surface area (Å²) in [5.74, 6) is -1.31. The molecule has 0 spiro atoms. The minimum Gasteiger partial charge on any atom is -0.481 e.